The fourth-order valence-corrected chi connectivity index (χ4v) is 3.29. The summed E-state index contributed by atoms with van der Waals surface area (Å²) in [7, 11) is 5.31. The highest BCUT2D eigenvalue weighted by Crippen LogP contribution is 2.30. The van der Waals surface area contributed by atoms with Crippen LogP contribution in [-0.2, 0) is 9.59 Å². The number of rotatable bonds is 15. The number of hydrogen-bond donors (Lipinski definition) is 2. The van der Waals surface area contributed by atoms with Crippen LogP contribution in [0.25, 0.3) is 0 Å². The second-order valence-corrected chi connectivity index (χ2v) is 7.85. The number of unbranched alkanes of at least 4 members (excludes halogenated alkanes) is 9. The molecule has 0 aromatic heterocycles. The van der Waals surface area contributed by atoms with Gasteiger partial charge in [-0.2, -0.15) is 0 Å². The minimum absolute atomic E-state index is 0.131. The third kappa shape index (κ3) is 8.13. The molecule has 0 bridgehead atoms. The van der Waals surface area contributed by atoms with Crippen molar-refractivity contribution in [3.8, 4) is 0 Å². The van der Waals surface area contributed by atoms with Gasteiger partial charge in [-0.05, 0) is 6.42 Å². The summed E-state index contributed by atoms with van der Waals surface area (Å²) in [5, 5.41) is 18.8. The van der Waals surface area contributed by atoms with Crippen molar-refractivity contribution in [2.24, 2.45) is 0 Å². The number of carboxylic acids is 2. The summed E-state index contributed by atoms with van der Waals surface area (Å²) in [6, 6.07) is 0. The molecular formula is C19H38NO4+. The lowest BCUT2D eigenvalue weighted by Gasteiger charge is -2.42. The van der Waals surface area contributed by atoms with E-state index in [0.717, 1.165) is 19.3 Å². The Balaban J connectivity index is 4.21. The Labute approximate surface area is 147 Å². The lowest BCUT2D eigenvalue weighted by Crippen LogP contribution is -2.62. The van der Waals surface area contributed by atoms with Crippen molar-refractivity contribution in [2.45, 2.75) is 89.5 Å². The number of carbonyl (C=O) groups is 2. The van der Waals surface area contributed by atoms with Gasteiger partial charge in [-0.1, -0.05) is 64.7 Å². The van der Waals surface area contributed by atoms with Crippen molar-refractivity contribution in [2.75, 3.05) is 21.1 Å². The van der Waals surface area contributed by atoms with Gasteiger partial charge in [0.15, 0.2) is 0 Å². The van der Waals surface area contributed by atoms with Gasteiger partial charge in [0.05, 0.1) is 21.1 Å². The lowest BCUT2D eigenvalue weighted by molar-refractivity contribution is -0.914. The topological polar surface area (TPSA) is 74.6 Å². The van der Waals surface area contributed by atoms with Gasteiger partial charge in [0, 0.05) is 6.42 Å². The molecule has 142 valence electrons. The monoisotopic (exact) mass is 344 g/mol. The van der Waals surface area contributed by atoms with E-state index in [9.17, 15) is 14.7 Å². The fourth-order valence-electron chi connectivity index (χ4n) is 3.29. The number of aliphatic carboxylic acids is 2. The van der Waals surface area contributed by atoms with Gasteiger partial charge >= 0.3 is 11.9 Å². The standard InChI is InChI=1S/C19H37NO4/c1-5-6-7-8-9-10-11-12-13-14-15-19(18(23)24,16-17(21)22)20(2,3)4/h5-16H2,1-4H3,(H-,21,22,23,24)/p+1. The molecule has 0 aromatic rings. The van der Waals surface area contributed by atoms with Crippen LogP contribution >= 0.6 is 0 Å². The average Bonchev–Trinajstić information content (AvgIpc) is 2.46. The van der Waals surface area contributed by atoms with Crippen molar-refractivity contribution < 1.29 is 24.3 Å². The van der Waals surface area contributed by atoms with E-state index in [4.69, 9.17) is 5.11 Å². The molecule has 1 atom stereocenters. The van der Waals surface area contributed by atoms with E-state index < -0.39 is 17.5 Å². The van der Waals surface area contributed by atoms with Crippen LogP contribution in [0, 0.1) is 0 Å². The van der Waals surface area contributed by atoms with Gasteiger partial charge in [0.25, 0.3) is 0 Å². The third-order valence-corrected chi connectivity index (χ3v) is 5.07. The van der Waals surface area contributed by atoms with E-state index in [1.54, 1.807) is 21.1 Å². The van der Waals surface area contributed by atoms with Crippen molar-refractivity contribution in [3.63, 3.8) is 0 Å². The van der Waals surface area contributed by atoms with Crippen molar-refractivity contribution in [1.29, 1.82) is 0 Å². The van der Waals surface area contributed by atoms with Crippen LogP contribution in [0.15, 0.2) is 0 Å². The van der Waals surface area contributed by atoms with Crippen LogP contribution in [-0.4, -0.2) is 53.3 Å². The molecule has 5 heteroatoms. The van der Waals surface area contributed by atoms with Gasteiger partial charge in [0.2, 0.25) is 5.54 Å². The summed E-state index contributed by atoms with van der Waals surface area (Å²) in [6.07, 6.45) is 11.9. The molecule has 1 unspecified atom stereocenters. The predicted octanol–water partition coefficient (Wildman–Crippen LogP) is 4.30. The van der Waals surface area contributed by atoms with E-state index >= 15 is 0 Å². The van der Waals surface area contributed by atoms with E-state index in [0.29, 0.717) is 6.42 Å². The number of likely N-dealkylation sites (N-methyl/N-ethyl adjacent to an activating group) is 1. The Kier molecular flexibility index (Phi) is 10.9. The first-order valence-corrected chi connectivity index (χ1v) is 9.44. The molecule has 0 aliphatic rings. The molecule has 0 amide bonds. The number of hydrogen-bond acceptors (Lipinski definition) is 2. The average molecular weight is 345 g/mol. The molecule has 0 saturated carbocycles. The summed E-state index contributed by atoms with van der Waals surface area (Å²) in [6.45, 7) is 2.22. The van der Waals surface area contributed by atoms with Gasteiger partial charge < -0.3 is 14.7 Å². The third-order valence-electron chi connectivity index (χ3n) is 5.07. The molecule has 5 nitrogen and oxygen atoms in total. The first kappa shape index (κ1) is 22.9. The molecule has 0 aliphatic heterocycles. The first-order chi connectivity index (χ1) is 11.2. The smallest absolute Gasteiger partial charge is 0.366 e. The SMILES string of the molecule is CCCCCCCCCCCCC(CC(=O)O)(C(=O)O)[N+](C)(C)C. The van der Waals surface area contributed by atoms with Crippen LogP contribution in [0.3, 0.4) is 0 Å². The van der Waals surface area contributed by atoms with Gasteiger partial charge in [-0.3, -0.25) is 4.79 Å². The van der Waals surface area contributed by atoms with E-state index in [-0.39, 0.29) is 10.9 Å². The summed E-state index contributed by atoms with van der Waals surface area (Å²) in [5.74, 6) is -2.05. The predicted molar refractivity (Wildman–Crippen MR) is 97.1 cm³/mol. The van der Waals surface area contributed by atoms with Crippen molar-refractivity contribution in [1.82, 2.24) is 0 Å². The molecule has 0 aliphatic carbocycles. The molecule has 0 aromatic carbocycles. The zero-order chi connectivity index (χ0) is 18.6. The zero-order valence-corrected chi connectivity index (χ0v) is 16.1. The molecule has 24 heavy (non-hydrogen) atoms. The maximum Gasteiger partial charge on any atom is 0.366 e. The van der Waals surface area contributed by atoms with E-state index in [1.165, 1.54) is 44.9 Å². The highest BCUT2D eigenvalue weighted by atomic mass is 16.4. The van der Waals surface area contributed by atoms with Crippen LogP contribution in [0.4, 0.5) is 0 Å². The highest BCUT2D eigenvalue weighted by Gasteiger charge is 2.51. The van der Waals surface area contributed by atoms with E-state index in [2.05, 4.69) is 6.92 Å². The minimum Gasteiger partial charge on any atom is -0.481 e. The Morgan fingerprint density at radius 3 is 1.54 bits per heavy atom. The van der Waals surface area contributed by atoms with Crippen molar-refractivity contribution in [3.05, 3.63) is 0 Å². The number of quaternary nitrogens is 1. The largest absolute Gasteiger partial charge is 0.481 e. The molecule has 0 fully saturated rings. The highest BCUT2D eigenvalue weighted by molar-refractivity contribution is 5.83. The summed E-state index contributed by atoms with van der Waals surface area (Å²) < 4.78 is 0.131. The van der Waals surface area contributed by atoms with Crippen LogP contribution < -0.4 is 0 Å². The Morgan fingerprint density at radius 2 is 1.21 bits per heavy atom. The Morgan fingerprint density at radius 1 is 0.792 bits per heavy atom. The van der Waals surface area contributed by atoms with E-state index in [1.807, 2.05) is 0 Å². The molecule has 0 spiro atoms. The molecule has 0 radical (unpaired) electrons. The Bertz CT molecular complexity index is 376. The number of nitrogens with zero attached hydrogens (tertiary/aromatic N) is 1. The normalized spacial score (nSPS) is 14.3. The Hall–Kier alpha value is -1.10. The summed E-state index contributed by atoms with van der Waals surface area (Å²) in [4.78, 5) is 23.0. The second kappa shape index (κ2) is 11.5. The van der Waals surface area contributed by atoms with Crippen LogP contribution in [0.5, 0.6) is 0 Å². The molecule has 0 rings (SSSR count). The van der Waals surface area contributed by atoms with Crippen LogP contribution in [0.2, 0.25) is 0 Å². The van der Waals surface area contributed by atoms with Crippen molar-refractivity contribution >= 4 is 11.9 Å². The van der Waals surface area contributed by atoms with Crippen LogP contribution in [0.1, 0.15) is 84.0 Å². The van der Waals surface area contributed by atoms with Gasteiger partial charge in [0.1, 0.15) is 6.42 Å². The fraction of sp³-hybridized carbons (Fsp3) is 0.895. The first-order valence-electron chi connectivity index (χ1n) is 9.44. The molecule has 0 saturated heterocycles. The quantitative estimate of drug-likeness (QED) is 0.343. The maximum absolute atomic E-state index is 11.8. The number of carboxylic acid groups (broad SMARTS) is 2. The molecule has 0 heterocycles. The zero-order valence-electron chi connectivity index (χ0n) is 16.1. The lowest BCUT2D eigenvalue weighted by atomic mass is 9.85. The summed E-state index contributed by atoms with van der Waals surface area (Å²) in [5.41, 5.74) is -1.24. The summed E-state index contributed by atoms with van der Waals surface area (Å²) >= 11 is 0. The van der Waals surface area contributed by atoms with Gasteiger partial charge in [-0.25, -0.2) is 4.79 Å². The second-order valence-electron chi connectivity index (χ2n) is 7.85. The van der Waals surface area contributed by atoms with Gasteiger partial charge in [-0.15, -0.1) is 0 Å². The minimum atomic E-state index is -1.24. The molecular weight excluding hydrogens is 306 g/mol. The molecule has 2 N–H and O–H groups in total. The maximum atomic E-state index is 11.8.